The van der Waals surface area contributed by atoms with Crippen LogP contribution in [0.5, 0.6) is 5.75 Å². The summed E-state index contributed by atoms with van der Waals surface area (Å²) in [6, 6.07) is 7.47. The van der Waals surface area contributed by atoms with E-state index in [1.54, 1.807) is 12.1 Å². The monoisotopic (exact) mass is 274 g/mol. The molecule has 0 unspecified atom stereocenters. The van der Waals surface area contributed by atoms with Crippen LogP contribution in [0.25, 0.3) is 0 Å². The van der Waals surface area contributed by atoms with Gasteiger partial charge in [-0.1, -0.05) is 25.0 Å². The van der Waals surface area contributed by atoms with E-state index in [0.717, 1.165) is 44.1 Å². The highest BCUT2D eigenvalue weighted by molar-refractivity contribution is 5.87. The van der Waals surface area contributed by atoms with E-state index in [2.05, 4.69) is 0 Å². The predicted octanol–water partition coefficient (Wildman–Crippen LogP) is 2.15. The van der Waals surface area contributed by atoms with Crippen molar-refractivity contribution in [1.82, 2.24) is 4.90 Å². The second kappa shape index (κ2) is 5.09. The Kier molecular flexibility index (Phi) is 3.42. The Labute approximate surface area is 119 Å². The first-order valence-corrected chi connectivity index (χ1v) is 7.46. The van der Waals surface area contributed by atoms with Crippen molar-refractivity contribution in [2.24, 2.45) is 5.73 Å². The number of phenols is 1. The summed E-state index contributed by atoms with van der Waals surface area (Å²) in [4.78, 5) is 14.7. The molecule has 3 rings (SSSR count). The first-order valence-electron chi connectivity index (χ1n) is 7.46. The average molecular weight is 274 g/mol. The van der Waals surface area contributed by atoms with E-state index >= 15 is 0 Å². The minimum atomic E-state index is -0.653. The lowest BCUT2D eigenvalue weighted by molar-refractivity contribution is -0.138. The Bertz CT molecular complexity index is 505. The van der Waals surface area contributed by atoms with Crippen LogP contribution >= 0.6 is 0 Å². The van der Waals surface area contributed by atoms with Crippen LogP contribution < -0.4 is 5.73 Å². The lowest BCUT2D eigenvalue weighted by Gasteiger charge is -2.32. The molecule has 2 fully saturated rings. The van der Waals surface area contributed by atoms with Gasteiger partial charge >= 0.3 is 0 Å². The quantitative estimate of drug-likeness (QED) is 0.884. The van der Waals surface area contributed by atoms with Crippen LogP contribution in [0, 0.1) is 0 Å². The topological polar surface area (TPSA) is 66.6 Å². The van der Waals surface area contributed by atoms with Gasteiger partial charge in [-0.15, -0.1) is 0 Å². The van der Waals surface area contributed by atoms with E-state index < -0.39 is 5.54 Å². The molecular weight excluding hydrogens is 252 g/mol. The SMILES string of the molecule is NC1(C(=O)N(Cc2cccc(O)c2)C2CC2)CCCC1. The molecule has 2 aliphatic rings. The zero-order chi connectivity index (χ0) is 14.2. The molecule has 1 amide bonds. The minimum Gasteiger partial charge on any atom is -0.508 e. The summed E-state index contributed by atoms with van der Waals surface area (Å²) in [6.07, 6.45) is 5.84. The number of phenolic OH excluding ortho intramolecular Hbond substituents is 1. The Balaban J connectivity index is 1.77. The van der Waals surface area contributed by atoms with Crippen molar-refractivity contribution in [2.45, 2.75) is 56.7 Å². The number of nitrogens with two attached hydrogens (primary N) is 1. The summed E-state index contributed by atoms with van der Waals surface area (Å²) >= 11 is 0. The molecule has 4 nitrogen and oxygen atoms in total. The molecule has 0 radical (unpaired) electrons. The summed E-state index contributed by atoms with van der Waals surface area (Å²) in [5, 5.41) is 9.55. The highest BCUT2D eigenvalue weighted by atomic mass is 16.3. The Hall–Kier alpha value is -1.55. The summed E-state index contributed by atoms with van der Waals surface area (Å²) in [5.41, 5.74) is 6.62. The van der Waals surface area contributed by atoms with Crippen molar-refractivity contribution < 1.29 is 9.90 Å². The molecule has 1 aromatic rings. The third-order valence-electron chi connectivity index (χ3n) is 4.43. The number of hydrogen-bond donors (Lipinski definition) is 2. The highest BCUT2D eigenvalue weighted by Gasteiger charge is 2.44. The summed E-state index contributed by atoms with van der Waals surface area (Å²) in [7, 11) is 0. The van der Waals surface area contributed by atoms with Crippen molar-refractivity contribution in [3.05, 3.63) is 29.8 Å². The van der Waals surface area contributed by atoms with E-state index in [0.29, 0.717) is 12.6 Å². The number of carbonyl (C=O) groups is 1. The van der Waals surface area contributed by atoms with Crippen LogP contribution in [-0.2, 0) is 11.3 Å². The molecule has 1 aromatic carbocycles. The largest absolute Gasteiger partial charge is 0.508 e. The molecule has 0 atom stereocenters. The second-order valence-corrected chi connectivity index (χ2v) is 6.20. The van der Waals surface area contributed by atoms with Crippen LogP contribution in [0.15, 0.2) is 24.3 Å². The smallest absolute Gasteiger partial charge is 0.243 e. The van der Waals surface area contributed by atoms with Gasteiger partial charge in [0.05, 0.1) is 5.54 Å². The maximum atomic E-state index is 12.8. The van der Waals surface area contributed by atoms with E-state index in [9.17, 15) is 9.90 Å². The fourth-order valence-electron chi connectivity index (χ4n) is 3.11. The number of hydrogen-bond acceptors (Lipinski definition) is 3. The van der Waals surface area contributed by atoms with Crippen LogP contribution in [0.1, 0.15) is 44.1 Å². The predicted molar refractivity (Wildman–Crippen MR) is 77.1 cm³/mol. The van der Waals surface area contributed by atoms with Crippen LogP contribution in [0.2, 0.25) is 0 Å². The molecule has 2 saturated carbocycles. The number of carbonyl (C=O) groups excluding carboxylic acids is 1. The minimum absolute atomic E-state index is 0.0980. The van der Waals surface area contributed by atoms with Crippen molar-refractivity contribution in [1.29, 1.82) is 0 Å². The Morgan fingerprint density at radius 2 is 2.05 bits per heavy atom. The van der Waals surface area contributed by atoms with Gasteiger partial charge < -0.3 is 15.7 Å². The average Bonchev–Trinajstić information content (AvgIpc) is 3.17. The van der Waals surface area contributed by atoms with Gasteiger partial charge in [-0.25, -0.2) is 0 Å². The molecular formula is C16H22N2O2. The van der Waals surface area contributed by atoms with Crippen LogP contribution in [0.3, 0.4) is 0 Å². The molecule has 0 aromatic heterocycles. The fourth-order valence-corrected chi connectivity index (χ4v) is 3.11. The third kappa shape index (κ3) is 2.66. The third-order valence-corrected chi connectivity index (χ3v) is 4.43. The van der Waals surface area contributed by atoms with Crippen LogP contribution in [-0.4, -0.2) is 27.5 Å². The fraction of sp³-hybridized carbons (Fsp3) is 0.562. The molecule has 108 valence electrons. The number of nitrogens with zero attached hydrogens (tertiary/aromatic N) is 1. The van der Waals surface area contributed by atoms with Gasteiger partial charge in [0.25, 0.3) is 0 Å². The van der Waals surface area contributed by atoms with E-state index in [-0.39, 0.29) is 11.7 Å². The summed E-state index contributed by atoms with van der Waals surface area (Å²) in [5.74, 6) is 0.342. The number of benzene rings is 1. The van der Waals surface area contributed by atoms with Gasteiger partial charge in [-0.2, -0.15) is 0 Å². The first kappa shape index (κ1) is 13.4. The zero-order valence-electron chi connectivity index (χ0n) is 11.7. The summed E-state index contributed by atoms with van der Waals surface area (Å²) in [6.45, 7) is 0.552. The van der Waals surface area contributed by atoms with E-state index in [4.69, 9.17) is 5.73 Å². The van der Waals surface area contributed by atoms with Gasteiger partial charge in [-0.3, -0.25) is 4.79 Å². The van der Waals surface area contributed by atoms with Crippen molar-refractivity contribution in [3.8, 4) is 5.75 Å². The van der Waals surface area contributed by atoms with Crippen molar-refractivity contribution >= 4 is 5.91 Å². The maximum Gasteiger partial charge on any atom is 0.243 e. The molecule has 0 heterocycles. The van der Waals surface area contributed by atoms with E-state index in [1.165, 1.54) is 0 Å². The van der Waals surface area contributed by atoms with Gasteiger partial charge in [0.15, 0.2) is 0 Å². The second-order valence-electron chi connectivity index (χ2n) is 6.20. The van der Waals surface area contributed by atoms with Crippen molar-refractivity contribution in [3.63, 3.8) is 0 Å². The number of amides is 1. The molecule has 0 bridgehead atoms. The summed E-state index contributed by atoms with van der Waals surface area (Å²) < 4.78 is 0. The number of aromatic hydroxyl groups is 1. The lowest BCUT2D eigenvalue weighted by atomic mass is 9.96. The zero-order valence-corrected chi connectivity index (χ0v) is 11.7. The Morgan fingerprint density at radius 1 is 1.35 bits per heavy atom. The Morgan fingerprint density at radius 3 is 2.65 bits per heavy atom. The van der Waals surface area contributed by atoms with Gasteiger partial charge in [-0.05, 0) is 43.4 Å². The highest BCUT2D eigenvalue weighted by Crippen LogP contribution is 2.35. The maximum absolute atomic E-state index is 12.8. The molecule has 4 heteroatoms. The molecule has 3 N–H and O–H groups in total. The molecule has 0 spiro atoms. The lowest BCUT2D eigenvalue weighted by Crippen LogP contribution is -2.54. The molecule has 2 aliphatic carbocycles. The molecule has 20 heavy (non-hydrogen) atoms. The van der Waals surface area contributed by atoms with Gasteiger partial charge in [0.2, 0.25) is 5.91 Å². The van der Waals surface area contributed by atoms with E-state index in [1.807, 2.05) is 17.0 Å². The normalized spacial score (nSPS) is 20.9. The first-order chi connectivity index (χ1) is 9.58. The molecule has 0 aliphatic heterocycles. The number of rotatable bonds is 4. The van der Waals surface area contributed by atoms with Crippen LogP contribution in [0.4, 0.5) is 0 Å². The molecule has 0 saturated heterocycles. The standard InChI is InChI=1S/C16H22N2O2/c17-16(8-1-2-9-16)15(20)18(13-6-7-13)11-12-4-3-5-14(19)10-12/h3-5,10,13,19H,1-2,6-9,11,17H2. The van der Waals surface area contributed by atoms with Gasteiger partial charge in [0, 0.05) is 12.6 Å². The van der Waals surface area contributed by atoms with Crippen molar-refractivity contribution in [2.75, 3.05) is 0 Å². The van der Waals surface area contributed by atoms with Gasteiger partial charge in [0.1, 0.15) is 5.75 Å².